The zero-order valence-corrected chi connectivity index (χ0v) is 18.0. The van der Waals surface area contributed by atoms with Crippen LogP contribution in [0.3, 0.4) is 0 Å². The Kier molecular flexibility index (Phi) is 5.22. The predicted octanol–water partition coefficient (Wildman–Crippen LogP) is 4.50. The smallest absolute Gasteiger partial charge is 0.258 e. The van der Waals surface area contributed by atoms with Crippen LogP contribution in [0.25, 0.3) is 44.2 Å². The van der Waals surface area contributed by atoms with Crippen LogP contribution in [0.5, 0.6) is 0 Å². The van der Waals surface area contributed by atoms with Gasteiger partial charge in [0.25, 0.3) is 5.56 Å². The zero-order valence-electron chi connectivity index (χ0n) is 17.2. The summed E-state index contributed by atoms with van der Waals surface area (Å²) in [5.74, 6) is 0.716. The first-order valence-corrected chi connectivity index (χ1v) is 11.1. The second-order valence-corrected chi connectivity index (χ2v) is 8.36. The molecule has 2 heterocycles. The number of hydrogen-bond donors (Lipinski definition) is 1. The molecule has 0 saturated carbocycles. The summed E-state index contributed by atoms with van der Waals surface area (Å²) in [6, 6.07) is 23.0. The molecule has 1 N–H and O–H groups in total. The molecule has 1 unspecified atom stereocenters. The van der Waals surface area contributed by atoms with Crippen molar-refractivity contribution < 1.29 is 13.2 Å². The number of benzene rings is 3. The van der Waals surface area contributed by atoms with Crippen molar-refractivity contribution in [3.05, 3.63) is 94.9 Å². The van der Waals surface area contributed by atoms with Crippen LogP contribution in [0.2, 0.25) is 0 Å². The zero-order chi connectivity index (χ0) is 22.2. The average molecular weight is 444 g/mol. The molecular weight excluding hydrogens is 424 g/mol. The summed E-state index contributed by atoms with van der Waals surface area (Å²) in [5, 5.41) is 2.28. The summed E-state index contributed by atoms with van der Waals surface area (Å²) in [4.78, 5) is 12.7. The van der Waals surface area contributed by atoms with E-state index in [1.54, 1.807) is 17.8 Å². The molecule has 32 heavy (non-hydrogen) atoms. The van der Waals surface area contributed by atoms with Gasteiger partial charge in [-0.25, -0.2) is 4.72 Å². The number of nitrogens with zero attached hydrogens (tertiary/aromatic N) is 1. The number of pyridine rings is 1. The minimum absolute atomic E-state index is 0.0791. The standard InChI is InChI=1S/C25H20N2O4S/c1-27-15-22(19-9-5-6-10-20(19)25(27)28)21-12-16(14-26-32(29)30)11-18-13-23(31-24(18)21)17-7-3-2-4-8-17/h2-13,15,26H,14H2,1H3,(H,29,30)/p-1. The molecule has 2 aromatic heterocycles. The molecular formula is C25H19N2O4S-. The lowest BCUT2D eigenvalue weighted by Gasteiger charge is -2.13. The van der Waals surface area contributed by atoms with Gasteiger partial charge in [0.15, 0.2) is 0 Å². The van der Waals surface area contributed by atoms with Crippen molar-refractivity contribution in [3.63, 3.8) is 0 Å². The Labute approximate surface area is 186 Å². The Morgan fingerprint density at radius 3 is 2.44 bits per heavy atom. The quantitative estimate of drug-likeness (QED) is 0.405. The van der Waals surface area contributed by atoms with E-state index in [0.29, 0.717) is 16.7 Å². The number of nitrogens with one attached hydrogen (secondary N) is 1. The van der Waals surface area contributed by atoms with Crippen LogP contribution in [0.1, 0.15) is 5.56 Å². The number of rotatable bonds is 5. The molecule has 1 atom stereocenters. The summed E-state index contributed by atoms with van der Waals surface area (Å²) in [6.07, 6.45) is 1.80. The molecule has 6 nitrogen and oxygen atoms in total. The molecule has 0 bridgehead atoms. The van der Waals surface area contributed by atoms with E-state index in [9.17, 15) is 13.6 Å². The Balaban J connectivity index is 1.80. The van der Waals surface area contributed by atoms with Crippen LogP contribution >= 0.6 is 0 Å². The van der Waals surface area contributed by atoms with E-state index in [-0.39, 0.29) is 12.1 Å². The third-order valence-corrected chi connectivity index (χ3v) is 5.89. The maximum Gasteiger partial charge on any atom is 0.258 e. The van der Waals surface area contributed by atoms with Crippen molar-refractivity contribution in [1.82, 2.24) is 9.29 Å². The average Bonchev–Trinajstić information content (AvgIpc) is 3.24. The van der Waals surface area contributed by atoms with Gasteiger partial charge in [-0.3, -0.25) is 9.00 Å². The molecule has 0 spiro atoms. The molecule has 5 aromatic rings. The van der Waals surface area contributed by atoms with Crippen molar-refractivity contribution in [1.29, 1.82) is 0 Å². The van der Waals surface area contributed by atoms with Crippen LogP contribution in [0.4, 0.5) is 0 Å². The van der Waals surface area contributed by atoms with E-state index >= 15 is 0 Å². The SMILES string of the molecule is Cn1cc(-c2cc(CNS(=O)[O-])cc3cc(-c4ccccc4)oc23)c2ccccc2c1=O. The Bertz CT molecular complexity index is 1540. The minimum Gasteiger partial charge on any atom is -0.760 e. The van der Waals surface area contributed by atoms with Gasteiger partial charge in [-0.2, -0.15) is 0 Å². The van der Waals surface area contributed by atoms with Gasteiger partial charge in [0, 0.05) is 58.5 Å². The van der Waals surface area contributed by atoms with E-state index in [2.05, 4.69) is 4.72 Å². The number of furan rings is 1. The molecule has 0 radical (unpaired) electrons. The van der Waals surface area contributed by atoms with Crippen LogP contribution in [0, 0.1) is 0 Å². The highest BCUT2D eigenvalue weighted by atomic mass is 32.2. The highest BCUT2D eigenvalue weighted by Gasteiger charge is 2.17. The first kappa shape index (κ1) is 20.4. The lowest BCUT2D eigenvalue weighted by molar-refractivity contribution is 0.522. The molecule has 0 fully saturated rings. The fourth-order valence-electron chi connectivity index (χ4n) is 4.04. The Morgan fingerprint density at radius 2 is 1.69 bits per heavy atom. The van der Waals surface area contributed by atoms with Gasteiger partial charge in [0.1, 0.15) is 11.3 Å². The van der Waals surface area contributed by atoms with Crippen molar-refractivity contribution in [2.24, 2.45) is 7.05 Å². The van der Waals surface area contributed by atoms with Gasteiger partial charge in [-0.1, -0.05) is 48.5 Å². The normalized spacial score (nSPS) is 12.4. The number of aryl methyl sites for hydroxylation is 1. The molecule has 0 aliphatic rings. The summed E-state index contributed by atoms with van der Waals surface area (Å²) in [7, 11) is 1.72. The molecule has 0 aliphatic heterocycles. The van der Waals surface area contributed by atoms with Gasteiger partial charge in [0.2, 0.25) is 0 Å². The topological polar surface area (TPSA) is 87.3 Å². The van der Waals surface area contributed by atoms with Gasteiger partial charge in [-0.05, 0) is 35.2 Å². The molecule has 160 valence electrons. The van der Waals surface area contributed by atoms with Crippen LogP contribution < -0.4 is 10.3 Å². The highest BCUT2D eigenvalue weighted by molar-refractivity contribution is 7.77. The predicted molar refractivity (Wildman–Crippen MR) is 126 cm³/mol. The van der Waals surface area contributed by atoms with Crippen molar-refractivity contribution in [2.45, 2.75) is 6.54 Å². The molecule has 5 rings (SSSR count). The van der Waals surface area contributed by atoms with Crippen molar-refractivity contribution in [2.75, 3.05) is 0 Å². The summed E-state index contributed by atoms with van der Waals surface area (Å²) >= 11 is -2.37. The second-order valence-electron chi connectivity index (χ2n) is 7.60. The summed E-state index contributed by atoms with van der Waals surface area (Å²) < 4.78 is 32.4. The van der Waals surface area contributed by atoms with E-state index < -0.39 is 11.3 Å². The van der Waals surface area contributed by atoms with Gasteiger partial charge in [0.05, 0.1) is 0 Å². The number of hydrogen-bond acceptors (Lipinski definition) is 4. The fourth-order valence-corrected chi connectivity index (χ4v) is 4.32. The van der Waals surface area contributed by atoms with Crippen LogP contribution in [-0.4, -0.2) is 13.3 Å². The first-order chi connectivity index (χ1) is 15.5. The maximum atomic E-state index is 12.7. The van der Waals surface area contributed by atoms with E-state index in [0.717, 1.165) is 33.0 Å². The summed E-state index contributed by atoms with van der Waals surface area (Å²) in [6.45, 7) is 0.147. The van der Waals surface area contributed by atoms with Crippen molar-refractivity contribution >= 4 is 33.0 Å². The number of fused-ring (bicyclic) bond motifs is 2. The molecule has 0 amide bonds. The lowest BCUT2D eigenvalue weighted by Crippen LogP contribution is -2.17. The van der Waals surface area contributed by atoms with Crippen molar-refractivity contribution in [3.8, 4) is 22.5 Å². The minimum atomic E-state index is -2.37. The van der Waals surface area contributed by atoms with E-state index in [4.69, 9.17) is 4.42 Å². The third-order valence-electron chi connectivity index (χ3n) is 5.51. The highest BCUT2D eigenvalue weighted by Crippen LogP contribution is 2.38. The van der Waals surface area contributed by atoms with Gasteiger partial charge < -0.3 is 13.5 Å². The molecule has 0 saturated heterocycles. The second kappa shape index (κ2) is 8.20. The summed E-state index contributed by atoms with van der Waals surface area (Å²) in [5.41, 5.74) is 3.97. The van der Waals surface area contributed by atoms with Gasteiger partial charge >= 0.3 is 0 Å². The lowest BCUT2D eigenvalue weighted by atomic mass is 9.97. The van der Waals surface area contributed by atoms with E-state index in [1.807, 2.05) is 72.8 Å². The number of aromatic nitrogens is 1. The fraction of sp³-hybridized carbons (Fsp3) is 0.0800. The third kappa shape index (κ3) is 3.67. The molecule has 3 aromatic carbocycles. The monoisotopic (exact) mass is 443 g/mol. The molecule has 0 aliphatic carbocycles. The van der Waals surface area contributed by atoms with E-state index in [1.165, 1.54) is 0 Å². The van der Waals surface area contributed by atoms with Crippen LogP contribution in [0.15, 0.2) is 88.2 Å². The first-order valence-electron chi connectivity index (χ1n) is 10.0. The van der Waals surface area contributed by atoms with Gasteiger partial charge in [-0.15, -0.1) is 0 Å². The maximum absolute atomic E-state index is 12.7. The largest absolute Gasteiger partial charge is 0.760 e. The van der Waals surface area contributed by atoms with Crippen LogP contribution in [-0.2, 0) is 24.9 Å². The Morgan fingerprint density at radius 1 is 0.969 bits per heavy atom. The Hall–Kier alpha value is -3.52. The molecule has 7 heteroatoms.